The molecule has 0 bridgehead atoms. The Morgan fingerprint density at radius 1 is 0.974 bits per heavy atom. The molecule has 3 aromatic heterocycles. The van der Waals surface area contributed by atoms with Gasteiger partial charge < -0.3 is 10.1 Å². The standard InChI is InChI=1S/C28H31N7O3S/c1-19-16-23-22(18-30-33-39(36)37)8-5-9-25(23)34(19)28-31-27(29-17-20-6-3-2-4-7-20)26-11-10-24(35(26)32-28)21-12-14-38-15-13-21/h2-11,16,21,30,39H,12-15,17-18H2,1H3,(H,29,31,32)(H,33,36,37). The molecule has 1 fully saturated rings. The van der Waals surface area contributed by atoms with Crippen molar-refractivity contribution in [1.29, 1.82) is 0 Å². The van der Waals surface area contributed by atoms with Crippen LogP contribution in [-0.2, 0) is 28.7 Å². The number of nitrogens with zero attached hydrogens (tertiary/aromatic N) is 4. The van der Waals surface area contributed by atoms with Gasteiger partial charge in [-0.1, -0.05) is 42.5 Å². The lowest BCUT2D eigenvalue weighted by Gasteiger charge is -2.22. The molecule has 6 rings (SSSR count). The highest BCUT2D eigenvalue weighted by atomic mass is 32.2. The van der Waals surface area contributed by atoms with Crippen LogP contribution >= 0.6 is 0 Å². The molecule has 0 amide bonds. The van der Waals surface area contributed by atoms with Gasteiger partial charge in [0.25, 0.3) is 5.95 Å². The van der Waals surface area contributed by atoms with E-state index in [-0.39, 0.29) is 0 Å². The lowest BCUT2D eigenvalue weighted by molar-refractivity contribution is 0.0841. The molecule has 0 atom stereocenters. The predicted octanol–water partition coefficient (Wildman–Crippen LogP) is 3.61. The second-order valence-corrected chi connectivity index (χ2v) is 10.5. The Kier molecular flexibility index (Phi) is 7.29. The monoisotopic (exact) mass is 545 g/mol. The van der Waals surface area contributed by atoms with Crippen molar-refractivity contribution in [2.45, 2.75) is 38.8 Å². The van der Waals surface area contributed by atoms with Crippen LogP contribution in [-0.4, -0.2) is 40.8 Å². The number of hydrogen-bond acceptors (Lipinski definition) is 7. The van der Waals surface area contributed by atoms with Gasteiger partial charge in [0.05, 0.1) is 5.52 Å². The first kappa shape index (κ1) is 25.5. The van der Waals surface area contributed by atoms with Gasteiger partial charge >= 0.3 is 0 Å². The summed E-state index contributed by atoms with van der Waals surface area (Å²) < 4.78 is 31.6. The molecule has 10 nitrogen and oxygen atoms in total. The van der Waals surface area contributed by atoms with Crippen molar-refractivity contribution in [2.75, 3.05) is 18.5 Å². The summed E-state index contributed by atoms with van der Waals surface area (Å²) in [5, 5.41) is 9.63. The smallest absolute Gasteiger partial charge is 0.254 e. The summed E-state index contributed by atoms with van der Waals surface area (Å²) in [4.78, 5) is 7.28. The number of nitrogens with one attached hydrogen (secondary N) is 3. The van der Waals surface area contributed by atoms with Crippen LogP contribution < -0.4 is 15.6 Å². The Bertz CT molecular complexity index is 1680. The van der Waals surface area contributed by atoms with Crippen LogP contribution in [0.2, 0.25) is 0 Å². The molecule has 3 N–H and O–H groups in total. The third-order valence-electron chi connectivity index (χ3n) is 7.24. The fourth-order valence-corrected chi connectivity index (χ4v) is 5.56. The molecule has 2 aromatic carbocycles. The average molecular weight is 546 g/mol. The number of aromatic nitrogens is 4. The van der Waals surface area contributed by atoms with Crippen molar-refractivity contribution in [3.05, 3.63) is 89.2 Å². The third kappa shape index (κ3) is 5.26. The maximum absolute atomic E-state index is 10.9. The summed E-state index contributed by atoms with van der Waals surface area (Å²) in [6.07, 6.45) is 1.92. The van der Waals surface area contributed by atoms with Crippen molar-refractivity contribution >= 4 is 33.1 Å². The van der Waals surface area contributed by atoms with Crippen molar-refractivity contribution in [3.8, 4) is 5.95 Å². The number of benzene rings is 2. The normalized spacial score (nSPS) is 14.5. The average Bonchev–Trinajstić information content (AvgIpc) is 3.53. The topological polar surface area (TPSA) is 115 Å². The van der Waals surface area contributed by atoms with Gasteiger partial charge in [-0.3, -0.25) is 4.57 Å². The van der Waals surface area contributed by atoms with Gasteiger partial charge in [0.2, 0.25) is 10.9 Å². The van der Waals surface area contributed by atoms with Crippen molar-refractivity contribution in [3.63, 3.8) is 0 Å². The van der Waals surface area contributed by atoms with Crippen molar-refractivity contribution < 1.29 is 13.2 Å². The van der Waals surface area contributed by atoms with Crippen LogP contribution in [0.5, 0.6) is 0 Å². The van der Waals surface area contributed by atoms with E-state index in [0.29, 0.717) is 25.0 Å². The lowest BCUT2D eigenvalue weighted by Crippen LogP contribution is -2.29. The number of ether oxygens (including phenoxy) is 1. The summed E-state index contributed by atoms with van der Waals surface area (Å²) >= 11 is 0. The van der Waals surface area contributed by atoms with Crippen LogP contribution in [0.25, 0.3) is 22.4 Å². The molecule has 5 aromatic rings. The molecule has 202 valence electrons. The summed E-state index contributed by atoms with van der Waals surface area (Å²) in [6, 6.07) is 22.6. The Balaban J connectivity index is 1.45. The fraction of sp³-hybridized carbons (Fsp3) is 0.286. The molecule has 1 aliphatic heterocycles. The molecular formula is C28H31N7O3S. The van der Waals surface area contributed by atoms with E-state index in [9.17, 15) is 8.42 Å². The summed E-state index contributed by atoms with van der Waals surface area (Å²) in [7, 11) is -2.73. The second-order valence-electron chi connectivity index (χ2n) is 9.73. The molecule has 39 heavy (non-hydrogen) atoms. The van der Waals surface area contributed by atoms with E-state index in [2.05, 4.69) is 50.5 Å². The number of aryl methyl sites for hydroxylation is 1. The zero-order chi connectivity index (χ0) is 26.8. The maximum atomic E-state index is 10.9. The summed E-state index contributed by atoms with van der Waals surface area (Å²) in [5.41, 5.74) is 8.92. The molecule has 11 heteroatoms. The molecule has 0 aliphatic carbocycles. The number of rotatable bonds is 9. The van der Waals surface area contributed by atoms with E-state index in [0.717, 1.165) is 65.2 Å². The highest BCUT2D eigenvalue weighted by Gasteiger charge is 2.22. The van der Waals surface area contributed by atoms with Crippen LogP contribution in [0, 0.1) is 6.92 Å². The lowest BCUT2D eigenvalue weighted by atomic mass is 9.97. The number of thiol groups is 1. The van der Waals surface area contributed by atoms with Gasteiger partial charge in [-0.15, -0.1) is 5.10 Å². The first-order valence-corrected chi connectivity index (χ1v) is 14.2. The van der Waals surface area contributed by atoms with Crippen molar-refractivity contribution in [1.82, 2.24) is 29.4 Å². The molecular weight excluding hydrogens is 514 g/mol. The zero-order valence-corrected chi connectivity index (χ0v) is 22.5. The van der Waals surface area contributed by atoms with E-state index in [1.165, 1.54) is 5.56 Å². The first-order chi connectivity index (χ1) is 19.1. The fourth-order valence-electron chi connectivity index (χ4n) is 5.36. The number of hydrazine groups is 1. The van der Waals surface area contributed by atoms with Crippen LogP contribution in [0.1, 0.15) is 41.3 Å². The van der Waals surface area contributed by atoms with E-state index >= 15 is 0 Å². The van der Waals surface area contributed by atoms with E-state index in [1.807, 2.05) is 47.8 Å². The molecule has 0 radical (unpaired) electrons. The molecule has 1 saturated heterocycles. The number of anilines is 1. The largest absolute Gasteiger partial charge is 0.381 e. The van der Waals surface area contributed by atoms with Gasteiger partial charge in [0, 0.05) is 49.0 Å². The molecule has 4 heterocycles. The Labute approximate surface area is 228 Å². The number of fused-ring (bicyclic) bond motifs is 2. The van der Waals surface area contributed by atoms with Gasteiger partial charge in [-0.2, -0.15) is 9.82 Å². The first-order valence-electron chi connectivity index (χ1n) is 13.1. The zero-order valence-electron chi connectivity index (χ0n) is 21.6. The Morgan fingerprint density at radius 3 is 2.59 bits per heavy atom. The maximum Gasteiger partial charge on any atom is 0.254 e. The van der Waals surface area contributed by atoms with Gasteiger partial charge in [0.1, 0.15) is 5.52 Å². The van der Waals surface area contributed by atoms with Crippen LogP contribution in [0.15, 0.2) is 66.7 Å². The molecule has 1 aliphatic rings. The molecule has 0 unspecified atom stereocenters. The molecule has 0 saturated carbocycles. The highest BCUT2D eigenvalue weighted by molar-refractivity contribution is 7.70. The van der Waals surface area contributed by atoms with Gasteiger partial charge in [-0.25, -0.2) is 18.4 Å². The van der Waals surface area contributed by atoms with Gasteiger partial charge in [-0.05, 0) is 55.2 Å². The van der Waals surface area contributed by atoms with E-state index in [4.69, 9.17) is 14.8 Å². The summed E-state index contributed by atoms with van der Waals surface area (Å²) in [5.74, 6) is 1.71. The third-order valence-corrected chi connectivity index (χ3v) is 7.58. The highest BCUT2D eigenvalue weighted by Crippen LogP contribution is 2.31. The van der Waals surface area contributed by atoms with Crippen molar-refractivity contribution in [2.24, 2.45) is 0 Å². The van der Waals surface area contributed by atoms with E-state index in [1.54, 1.807) is 0 Å². The van der Waals surface area contributed by atoms with Crippen LogP contribution in [0.3, 0.4) is 0 Å². The Morgan fingerprint density at radius 2 is 1.79 bits per heavy atom. The minimum absolute atomic E-state index is 0.347. The van der Waals surface area contributed by atoms with Gasteiger partial charge in [0.15, 0.2) is 5.82 Å². The predicted molar refractivity (Wildman–Crippen MR) is 151 cm³/mol. The van der Waals surface area contributed by atoms with E-state index < -0.39 is 10.9 Å². The minimum Gasteiger partial charge on any atom is -0.381 e. The second kappa shape index (κ2) is 11.1. The minimum atomic E-state index is -2.73. The quantitative estimate of drug-likeness (QED) is 0.165. The summed E-state index contributed by atoms with van der Waals surface area (Å²) in [6.45, 7) is 4.52. The number of hydrogen-bond donors (Lipinski definition) is 4. The molecule has 0 spiro atoms. The SMILES string of the molecule is Cc1cc2c(CNN[SH](=O)=O)cccc2n1-c1nc(NCc2ccccc2)c2ccc(C3CCOCC3)n2n1. The van der Waals surface area contributed by atoms with Crippen LogP contribution in [0.4, 0.5) is 5.82 Å². The Hall–Kier alpha value is -3.77.